The van der Waals surface area contributed by atoms with Crippen molar-refractivity contribution in [2.45, 2.75) is 37.8 Å². The van der Waals surface area contributed by atoms with Crippen LogP contribution >= 0.6 is 0 Å². The molecule has 0 radical (unpaired) electrons. The first-order valence-corrected chi connectivity index (χ1v) is 9.43. The summed E-state index contributed by atoms with van der Waals surface area (Å²) in [5, 5.41) is 24.5. The molecule has 1 heterocycles. The van der Waals surface area contributed by atoms with Crippen LogP contribution < -0.4 is 10.6 Å². The fourth-order valence-electron chi connectivity index (χ4n) is 3.38. The second kappa shape index (κ2) is 9.16. The van der Waals surface area contributed by atoms with Crippen molar-refractivity contribution in [3.05, 3.63) is 59.7 Å². The first-order chi connectivity index (χ1) is 13.6. The number of carboxylic acid groups (broad SMARTS) is 1. The molecule has 2 aromatic rings. The van der Waals surface area contributed by atoms with Crippen LogP contribution in [0.15, 0.2) is 48.5 Å². The fraction of sp³-hybridized carbons (Fsp3) is 0.318. The van der Waals surface area contributed by atoms with E-state index in [4.69, 9.17) is 5.11 Å². The fourth-order valence-corrected chi connectivity index (χ4v) is 3.38. The maximum absolute atomic E-state index is 12.3. The minimum absolute atomic E-state index is 0.117. The number of carbonyl (C=O) groups excluding carboxylic acids is 1. The third-order valence-corrected chi connectivity index (χ3v) is 4.94. The first kappa shape index (κ1) is 19.6. The molecule has 2 atom stereocenters. The quantitative estimate of drug-likeness (QED) is 0.718. The highest BCUT2D eigenvalue weighted by Crippen LogP contribution is 2.21. The highest BCUT2D eigenvalue weighted by molar-refractivity contribution is 5.89. The van der Waals surface area contributed by atoms with E-state index in [9.17, 15) is 14.9 Å². The van der Waals surface area contributed by atoms with Gasteiger partial charge < -0.3 is 15.7 Å². The number of carbonyl (C=O) groups is 2. The Morgan fingerprint density at radius 3 is 2.61 bits per heavy atom. The molecule has 0 aromatic heterocycles. The summed E-state index contributed by atoms with van der Waals surface area (Å²) in [6.45, 7) is 0.833. The van der Waals surface area contributed by atoms with E-state index < -0.39 is 12.0 Å². The molecule has 28 heavy (non-hydrogen) atoms. The van der Waals surface area contributed by atoms with Gasteiger partial charge in [0.25, 0.3) is 0 Å². The Labute approximate surface area is 164 Å². The largest absolute Gasteiger partial charge is 0.478 e. The van der Waals surface area contributed by atoms with Gasteiger partial charge in [-0.15, -0.1) is 0 Å². The summed E-state index contributed by atoms with van der Waals surface area (Å²) < 4.78 is 0. The molecule has 2 aromatic carbocycles. The third kappa shape index (κ3) is 4.96. The molecule has 0 spiro atoms. The molecule has 6 nitrogen and oxygen atoms in total. The number of hydrogen-bond acceptors (Lipinski definition) is 4. The molecule has 3 rings (SSSR count). The molecule has 144 valence electrons. The monoisotopic (exact) mass is 377 g/mol. The molecule has 1 aliphatic heterocycles. The van der Waals surface area contributed by atoms with Gasteiger partial charge in [0.2, 0.25) is 5.91 Å². The number of carboxylic acids is 1. The molecule has 0 aliphatic carbocycles. The number of aromatic carboxylic acids is 1. The van der Waals surface area contributed by atoms with Crippen molar-refractivity contribution in [2.75, 3.05) is 6.54 Å². The highest BCUT2D eigenvalue weighted by atomic mass is 16.4. The van der Waals surface area contributed by atoms with Gasteiger partial charge >= 0.3 is 5.97 Å². The van der Waals surface area contributed by atoms with E-state index in [1.807, 2.05) is 30.3 Å². The van der Waals surface area contributed by atoms with Crippen LogP contribution in [0.5, 0.6) is 0 Å². The van der Waals surface area contributed by atoms with E-state index in [0.29, 0.717) is 6.42 Å². The van der Waals surface area contributed by atoms with Crippen LogP contribution in [0.2, 0.25) is 0 Å². The van der Waals surface area contributed by atoms with Crippen molar-refractivity contribution in [3.63, 3.8) is 0 Å². The number of nitrogens with one attached hydrogen (secondary N) is 2. The van der Waals surface area contributed by atoms with Gasteiger partial charge in [0.15, 0.2) is 0 Å². The predicted octanol–water partition coefficient (Wildman–Crippen LogP) is 2.74. The SMILES string of the molecule is N#CC(Cc1ccc(-c2cccc(C(=O)O)c2)cc1)NC(=O)C1CCCCN1. The molecular weight excluding hydrogens is 354 g/mol. The summed E-state index contributed by atoms with van der Waals surface area (Å²) in [4.78, 5) is 23.4. The van der Waals surface area contributed by atoms with Gasteiger partial charge in [-0.3, -0.25) is 4.79 Å². The summed E-state index contributed by atoms with van der Waals surface area (Å²) in [5.74, 6) is -1.08. The van der Waals surface area contributed by atoms with Crippen molar-refractivity contribution >= 4 is 11.9 Å². The Balaban J connectivity index is 1.64. The van der Waals surface area contributed by atoms with Gasteiger partial charge in [-0.1, -0.05) is 42.8 Å². The van der Waals surface area contributed by atoms with E-state index in [1.165, 1.54) is 0 Å². The van der Waals surface area contributed by atoms with Crippen LogP contribution in [0, 0.1) is 11.3 Å². The highest BCUT2D eigenvalue weighted by Gasteiger charge is 2.23. The second-order valence-electron chi connectivity index (χ2n) is 6.98. The van der Waals surface area contributed by atoms with Crippen LogP contribution in [0.1, 0.15) is 35.2 Å². The Morgan fingerprint density at radius 1 is 1.18 bits per heavy atom. The minimum atomic E-state index is -0.960. The zero-order chi connectivity index (χ0) is 19.9. The van der Waals surface area contributed by atoms with Crippen LogP contribution in [-0.2, 0) is 11.2 Å². The van der Waals surface area contributed by atoms with Gasteiger partial charge in [-0.2, -0.15) is 5.26 Å². The number of nitriles is 1. The molecule has 1 amide bonds. The molecule has 2 unspecified atom stereocenters. The number of piperidine rings is 1. The van der Waals surface area contributed by atoms with Crippen LogP contribution in [0.3, 0.4) is 0 Å². The van der Waals surface area contributed by atoms with Crippen molar-refractivity contribution in [1.29, 1.82) is 5.26 Å². The summed E-state index contributed by atoms with van der Waals surface area (Å²) in [5.41, 5.74) is 2.89. The Bertz CT molecular complexity index is 881. The predicted molar refractivity (Wildman–Crippen MR) is 106 cm³/mol. The molecule has 0 saturated carbocycles. The lowest BCUT2D eigenvalue weighted by molar-refractivity contribution is -0.124. The lowest BCUT2D eigenvalue weighted by Gasteiger charge is -2.23. The molecule has 3 N–H and O–H groups in total. The van der Waals surface area contributed by atoms with E-state index in [-0.39, 0.29) is 17.5 Å². The molecule has 0 bridgehead atoms. The lowest BCUT2D eigenvalue weighted by atomic mass is 9.99. The Morgan fingerprint density at radius 2 is 1.96 bits per heavy atom. The maximum Gasteiger partial charge on any atom is 0.335 e. The summed E-state index contributed by atoms with van der Waals surface area (Å²) >= 11 is 0. The summed E-state index contributed by atoms with van der Waals surface area (Å²) in [6.07, 6.45) is 3.32. The second-order valence-corrected chi connectivity index (χ2v) is 6.98. The molecule has 6 heteroatoms. The zero-order valence-electron chi connectivity index (χ0n) is 15.5. The smallest absolute Gasteiger partial charge is 0.335 e. The van der Waals surface area contributed by atoms with Gasteiger partial charge in [0.05, 0.1) is 17.7 Å². The van der Waals surface area contributed by atoms with Crippen molar-refractivity contribution in [1.82, 2.24) is 10.6 Å². The van der Waals surface area contributed by atoms with E-state index in [2.05, 4.69) is 16.7 Å². The minimum Gasteiger partial charge on any atom is -0.478 e. The number of amides is 1. The average molecular weight is 377 g/mol. The summed E-state index contributed by atoms with van der Waals surface area (Å²) in [7, 11) is 0. The number of rotatable bonds is 6. The summed E-state index contributed by atoms with van der Waals surface area (Å²) in [6, 6.07) is 15.7. The van der Waals surface area contributed by atoms with Crippen molar-refractivity contribution < 1.29 is 14.7 Å². The average Bonchev–Trinajstić information content (AvgIpc) is 2.74. The number of benzene rings is 2. The van der Waals surface area contributed by atoms with Crippen molar-refractivity contribution in [3.8, 4) is 17.2 Å². The van der Waals surface area contributed by atoms with Crippen LogP contribution in [0.4, 0.5) is 0 Å². The Kier molecular flexibility index (Phi) is 6.41. The van der Waals surface area contributed by atoms with E-state index >= 15 is 0 Å². The Hall–Kier alpha value is -3.17. The normalized spacial score (nSPS) is 17.3. The third-order valence-electron chi connectivity index (χ3n) is 4.94. The van der Waals surface area contributed by atoms with Gasteiger partial charge in [-0.25, -0.2) is 4.79 Å². The first-order valence-electron chi connectivity index (χ1n) is 9.43. The standard InChI is InChI=1S/C22H23N3O3/c23-14-19(25-21(26)20-6-1-2-11-24-20)12-15-7-9-16(10-8-15)17-4-3-5-18(13-17)22(27)28/h3-5,7-10,13,19-20,24H,1-2,6,11-12H2,(H,25,26)(H,27,28). The van der Waals surface area contributed by atoms with Gasteiger partial charge in [-0.05, 0) is 48.2 Å². The van der Waals surface area contributed by atoms with E-state index in [1.54, 1.807) is 18.2 Å². The molecule has 1 aliphatic rings. The maximum atomic E-state index is 12.3. The topological polar surface area (TPSA) is 102 Å². The zero-order valence-corrected chi connectivity index (χ0v) is 15.5. The molecular formula is C22H23N3O3. The number of hydrogen-bond donors (Lipinski definition) is 3. The van der Waals surface area contributed by atoms with Gasteiger partial charge in [0, 0.05) is 6.42 Å². The number of nitrogens with zero attached hydrogens (tertiary/aromatic N) is 1. The van der Waals surface area contributed by atoms with Crippen LogP contribution in [0.25, 0.3) is 11.1 Å². The molecule has 1 fully saturated rings. The van der Waals surface area contributed by atoms with E-state index in [0.717, 1.165) is 42.5 Å². The lowest BCUT2D eigenvalue weighted by Crippen LogP contribution is -2.49. The molecule has 1 saturated heterocycles. The van der Waals surface area contributed by atoms with Gasteiger partial charge in [0.1, 0.15) is 6.04 Å². The van der Waals surface area contributed by atoms with Crippen LogP contribution in [-0.4, -0.2) is 35.6 Å². The van der Waals surface area contributed by atoms with Crippen molar-refractivity contribution in [2.24, 2.45) is 0 Å².